The van der Waals surface area contributed by atoms with Crippen molar-refractivity contribution < 1.29 is 0 Å². The molecular weight excluding hydrogens is 230 g/mol. The van der Waals surface area contributed by atoms with Crippen LogP contribution >= 0.6 is 0 Å². The molecule has 1 heteroatoms. The minimum absolute atomic E-state index is 0.971. The first-order valence-electron chi connectivity index (χ1n) is 6.74. The largest absolute Gasteiger partial charge is 0.261 e. The van der Waals surface area contributed by atoms with Gasteiger partial charge in [-0.15, -0.1) is 0 Å². The van der Waals surface area contributed by atoms with Gasteiger partial charge in [-0.25, -0.2) is 0 Å². The average Bonchev–Trinajstić information content (AvgIpc) is 2.37. The van der Waals surface area contributed by atoms with E-state index < -0.39 is 0 Å². The molecule has 0 N–H and O–H groups in total. The van der Waals surface area contributed by atoms with Crippen LogP contribution in [0.25, 0.3) is 0 Å². The van der Waals surface area contributed by atoms with Crippen LogP contribution < -0.4 is 0 Å². The number of nitrogens with zero attached hydrogens (tertiary/aromatic N) is 1. The Hall–Kier alpha value is -1.89. The summed E-state index contributed by atoms with van der Waals surface area (Å²) in [5.41, 5.74) is 7.69. The van der Waals surface area contributed by atoms with E-state index in [2.05, 4.69) is 62.2 Å². The normalized spacial score (nSPS) is 11.2. The molecular formula is C18H21N. The number of hydrogen-bond acceptors (Lipinski definition) is 1. The molecule has 0 aliphatic heterocycles. The molecule has 0 fully saturated rings. The zero-order chi connectivity index (χ0) is 13.8. The van der Waals surface area contributed by atoms with Gasteiger partial charge in [0.15, 0.2) is 0 Å². The monoisotopic (exact) mass is 251 g/mol. The van der Waals surface area contributed by atoms with E-state index in [0.717, 1.165) is 12.1 Å². The molecule has 2 aromatic carbocycles. The number of rotatable bonds is 3. The Kier molecular flexibility index (Phi) is 4.16. The van der Waals surface area contributed by atoms with E-state index >= 15 is 0 Å². The number of hydrogen-bond donors (Lipinski definition) is 0. The molecule has 0 aromatic heterocycles. The maximum atomic E-state index is 4.42. The molecule has 0 spiro atoms. The lowest BCUT2D eigenvalue weighted by Crippen LogP contribution is -1.93. The maximum absolute atomic E-state index is 4.42. The van der Waals surface area contributed by atoms with Gasteiger partial charge in [0, 0.05) is 6.21 Å². The second-order valence-electron chi connectivity index (χ2n) is 5.11. The summed E-state index contributed by atoms with van der Waals surface area (Å²) in [6, 6.07) is 13.2. The average molecular weight is 251 g/mol. The zero-order valence-corrected chi connectivity index (χ0v) is 12.2. The van der Waals surface area contributed by atoms with Crippen LogP contribution in [0.4, 0.5) is 5.69 Å². The Morgan fingerprint density at radius 3 is 2.42 bits per heavy atom. The van der Waals surface area contributed by atoms with Crippen LogP contribution in [0.5, 0.6) is 0 Å². The lowest BCUT2D eigenvalue weighted by molar-refractivity contribution is 1.14. The highest BCUT2D eigenvalue weighted by atomic mass is 14.7. The van der Waals surface area contributed by atoms with Crippen LogP contribution in [0.2, 0.25) is 0 Å². The molecule has 2 aromatic rings. The second-order valence-corrected chi connectivity index (χ2v) is 5.11. The van der Waals surface area contributed by atoms with Crippen molar-refractivity contribution in [2.24, 2.45) is 4.99 Å². The predicted molar refractivity (Wildman–Crippen MR) is 83.7 cm³/mol. The van der Waals surface area contributed by atoms with Crippen LogP contribution in [0, 0.1) is 20.8 Å². The number of aryl methyl sites for hydroxylation is 3. The van der Waals surface area contributed by atoms with Gasteiger partial charge in [0.25, 0.3) is 0 Å². The van der Waals surface area contributed by atoms with Gasteiger partial charge in [-0.2, -0.15) is 0 Å². The Morgan fingerprint density at radius 1 is 0.947 bits per heavy atom. The molecule has 2 rings (SSSR count). The molecule has 0 aliphatic rings. The molecule has 19 heavy (non-hydrogen) atoms. The Bertz CT molecular complexity index is 609. The molecule has 0 atom stereocenters. The quantitative estimate of drug-likeness (QED) is 0.686. The van der Waals surface area contributed by atoms with Crippen molar-refractivity contribution in [1.82, 2.24) is 0 Å². The first-order chi connectivity index (χ1) is 9.10. The van der Waals surface area contributed by atoms with E-state index in [1.807, 2.05) is 13.1 Å². The number of aliphatic imine (C=N–C) groups is 1. The second kappa shape index (κ2) is 5.83. The summed E-state index contributed by atoms with van der Waals surface area (Å²) >= 11 is 0. The van der Waals surface area contributed by atoms with E-state index in [1.54, 1.807) is 0 Å². The highest BCUT2D eigenvalue weighted by Crippen LogP contribution is 2.23. The summed E-state index contributed by atoms with van der Waals surface area (Å²) in [5, 5.41) is 0. The Balaban J connectivity index is 2.30. The summed E-state index contributed by atoms with van der Waals surface area (Å²) in [6.45, 7) is 8.37. The molecule has 0 radical (unpaired) electrons. The first kappa shape index (κ1) is 13.5. The van der Waals surface area contributed by atoms with Crippen LogP contribution in [0.3, 0.4) is 0 Å². The predicted octanol–water partition coefficient (Wildman–Crippen LogP) is 4.92. The van der Waals surface area contributed by atoms with Crippen molar-refractivity contribution in [3.8, 4) is 0 Å². The van der Waals surface area contributed by atoms with Crippen molar-refractivity contribution >= 4 is 11.9 Å². The molecule has 0 amide bonds. The Labute approximate surface area is 116 Å². The van der Waals surface area contributed by atoms with Gasteiger partial charge in [-0.05, 0) is 62.4 Å². The first-order valence-corrected chi connectivity index (χ1v) is 6.74. The maximum Gasteiger partial charge on any atom is 0.0657 e. The molecule has 0 unspecified atom stereocenters. The van der Waals surface area contributed by atoms with Crippen molar-refractivity contribution in [2.75, 3.05) is 0 Å². The fraction of sp³-hybridized carbons (Fsp3) is 0.278. The van der Waals surface area contributed by atoms with Crippen LogP contribution in [0.15, 0.2) is 41.4 Å². The molecule has 98 valence electrons. The van der Waals surface area contributed by atoms with Gasteiger partial charge in [0.2, 0.25) is 0 Å². The van der Waals surface area contributed by atoms with E-state index in [4.69, 9.17) is 0 Å². The standard InChI is InChI=1S/C18H21N/c1-5-19-18-12-16(8-7-14(18)3)11-17-9-6-13(2)10-15(17)4/h5-10,12H,11H2,1-4H3. The van der Waals surface area contributed by atoms with Crippen LogP contribution in [-0.2, 0) is 6.42 Å². The molecule has 0 saturated heterocycles. The van der Waals surface area contributed by atoms with Crippen molar-refractivity contribution in [3.05, 3.63) is 64.2 Å². The zero-order valence-electron chi connectivity index (χ0n) is 12.2. The molecule has 0 aliphatic carbocycles. The molecule has 0 saturated carbocycles. The minimum Gasteiger partial charge on any atom is -0.261 e. The van der Waals surface area contributed by atoms with Gasteiger partial charge in [0.05, 0.1) is 5.69 Å². The summed E-state index contributed by atoms with van der Waals surface area (Å²) in [7, 11) is 0. The molecule has 1 nitrogen and oxygen atoms in total. The third-order valence-corrected chi connectivity index (χ3v) is 3.43. The third-order valence-electron chi connectivity index (χ3n) is 3.43. The van der Waals surface area contributed by atoms with E-state index in [1.165, 1.54) is 27.8 Å². The molecule has 0 bridgehead atoms. The van der Waals surface area contributed by atoms with E-state index in [9.17, 15) is 0 Å². The smallest absolute Gasteiger partial charge is 0.0657 e. The fourth-order valence-electron chi connectivity index (χ4n) is 2.31. The summed E-state index contributed by atoms with van der Waals surface area (Å²) in [6.07, 6.45) is 2.82. The lowest BCUT2D eigenvalue weighted by Gasteiger charge is -2.09. The highest BCUT2D eigenvalue weighted by molar-refractivity contribution is 5.63. The van der Waals surface area contributed by atoms with Gasteiger partial charge in [-0.1, -0.05) is 35.9 Å². The minimum atomic E-state index is 0.971. The summed E-state index contributed by atoms with van der Waals surface area (Å²) < 4.78 is 0. The number of benzene rings is 2. The van der Waals surface area contributed by atoms with E-state index in [0.29, 0.717) is 0 Å². The van der Waals surface area contributed by atoms with Crippen molar-refractivity contribution in [2.45, 2.75) is 34.1 Å². The SMILES string of the molecule is CC=Nc1cc(Cc2ccc(C)cc2C)ccc1C. The molecule has 0 heterocycles. The van der Waals surface area contributed by atoms with Gasteiger partial charge >= 0.3 is 0 Å². The van der Waals surface area contributed by atoms with Crippen molar-refractivity contribution in [1.29, 1.82) is 0 Å². The van der Waals surface area contributed by atoms with Crippen LogP contribution in [0.1, 0.15) is 34.7 Å². The summed E-state index contributed by atoms with van der Waals surface area (Å²) in [5.74, 6) is 0. The van der Waals surface area contributed by atoms with E-state index in [-0.39, 0.29) is 0 Å². The Morgan fingerprint density at radius 2 is 1.74 bits per heavy atom. The van der Waals surface area contributed by atoms with Gasteiger partial charge < -0.3 is 0 Å². The van der Waals surface area contributed by atoms with Gasteiger partial charge in [0.1, 0.15) is 0 Å². The van der Waals surface area contributed by atoms with Gasteiger partial charge in [-0.3, -0.25) is 4.99 Å². The summed E-state index contributed by atoms with van der Waals surface area (Å²) in [4.78, 5) is 4.42. The third kappa shape index (κ3) is 3.31. The highest BCUT2D eigenvalue weighted by Gasteiger charge is 2.03. The topological polar surface area (TPSA) is 12.4 Å². The van der Waals surface area contributed by atoms with Crippen LogP contribution in [-0.4, -0.2) is 6.21 Å². The lowest BCUT2D eigenvalue weighted by atomic mass is 9.98. The fourth-order valence-corrected chi connectivity index (χ4v) is 2.31. The van der Waals surface area contributed by atoms with Crippen molar-refractivity contribution in [3.63, 3.8) is 0 Å².